The van der Waals surface area contributed by atoms with E-state index in [1.165, 1.54) is 0 Å². The van der Waals surface area contributed by atoms with Crippen LogP contribution in [0, 0.1) is 5.92 Å². The Balaban J connectivity index is 2.89. The Hall–Kier alpha value is -1.51. The second-order valence-corrected chi connectivity index (χ2v) is 4.05. The fraction of sp³-hybridized carbons (Fsp3) is 0.462. The molecule has 0 radical (unpaired) electrons. The predicted octanol–water partition coefficient (Wildman–Crippen LogP) is 2.45. The van der Waals surface area contributed by atoms with Gasteiger partial charge >= 0.3 is 0 Å². The molecule has 16 heavy (non-hydrogen) atoms. The molecule has 0 saturated carbocycles. The molecule has 0 amide bonds. The molecule has 0 atom stereocenters. The van der Waals surface area contributed by atoms with Crippen LogP contribution in [0.3, 0.4) is 0 Å². The molecular weight excluding hydrogens is 200 g/mol. The maximum absolute atomic E-state index is 5.94. The lowest BCUT2D eigenvalue weighted by molar-refractivity contribution is 0.339. The minimum Gasteiger partial charge on any atom is -0.493 e. The fourth-order valence-electron chi connectivity index (χ4n) is 1.33. The smallest absolute Gasteiger partial charge is 0.130 e. The molecule has 0 saturated heterocycles. The van der Waals surface area contributed by atoms with Crippen molar-refractivity contribution in [3.63, 3.8) is 0 Å². The van der Waals surface area contributed by atoms with E-state index in [1.54, 1.807) is 0 Å². The van der Waals surface area contributed by atoms with Crippen LogP contribution in [-0.4, -0.2) is 19.0 Å². The van der Waals surface area contributed by atoms with Gasteiger partial charge in [0.05, 0.1) is 12.2 Å². The highest BCUT2D eigenvalue weighted by atomic mass is 16.5. The van der Waals surface area contributed by atoms with E-state index in [9.17, 15) is 0 Å². The molecule has 3 heteroatoms. The predicted molar refractivity (Wildman–Crippen MR) is 68.0 cm³/mol. The van der Waals surface area contributed by atoms with Gasteiger partial charge in [-0.2, -0.15) is 0 Å². The van der Waals surface area contributed by atoms with E-state index >= 15 is 0 Å². The highest BCUT2D eigenvalue weighted by Gasteiger charge is 2.06. The summed E-state index contributed by atoms with van der Waals surface area (Å²) in [6.07, 6.45) is 0. The molecule has 88 valence electrons. The van der Waals surface area contributed by atoms with Crippen molar-refractivity contribution in [2.24, 2.45) is 16.6 Å². The van der Waals surface area contributed by atoms with Gasteiger partial charge in [-0.15, -0.1) is 0 Å². The molecule has 2 N–H and O–H groups in total. The number of hydrogen-bond donors (Lipinski definition) is 1. The third-order valence-electron chi connectivity index (χ3n) is 2.09. The number of ether oxygens (including phenoxy) is 1. The van der Waals surface area contributed by atoms with E-state index in [-0.39, 0.29) is 0 Å². The minimum absolute atomic E-state index is 0.512. The zero-order valence-corrected chi connectivity index (χ0v) is 10.2. The van der Waals surface area contributed by atoms with Gasteiger partial charge in [0.15, 0.2) is 0 Å². The van der Waals surface area contributed by atoms with E-state index in [2.05, 4.69) is 18.8 Å². The quantitative estimate of drug-likeness (QED) is 0.612. The van der Waals surface area contributed by atoms with Crippen molar-refractivity contribution in [1.82, 2.24) is 0 Å². The number of aliphatic imine (C=N–C) groups is 1. The van der Waals surface area contributed by atoms with Crippen LogP contribution in [0.25, 0.3) is 0 Å². The van der Waals surface area contributed by atoms with Crippen molar-refractivity contribution in [2.45, 2.75) is 20.8 Å². The first-order valence-corrected chi connectivity index (χ1v) is 5.67. The van der Waals surface area contributed by atoms with Gasteiger partial charge in [0.2, 0.25) is 0 Å². The molecule has 0 aliphatic heterocycles. The number of nitrogens with two attached hydrogens (primary N) is 1. The highest BCUT2D eigenvalue weighted by molar-refractivity contribution is 5.99. The Morgan fingerprint density at radius 3 is 2.69 bits per heavy atom. The summed E-state index contributed by atoms with van der Waals surface area (Å²) in [4.78, 5) is 4.35. The summed E-state index contributed by atoms with van der Waals surface area (Å²) < 4.78 is 5.50. The first-order chi connectivity index (χ1) is 7.65. The van der Waals surface area contributed by atoms with Crippen molar-refractivity contribution < 1.29 is 4.74 Å². The van der Waals surface area contributed by atoms with Crippen LogP contribution < -0.4 is 10.5 Å². The normalized spacial score (nSPS) is 11.9. The van der Waals surface area contributed by atoms with Crippen LogP contribution in [-0.2, 0) is 0 Å². The average Bonchev–Trinajstić information content (AvgIpc) is 2.27. The monoisotopic (exact) mass is 220 g/mol. The first-order valence-electron chi connectivity index (χ1n) is 5.67. The molecule has 0 fully saturated rings. The molecule has 0 spiro atoms. The van der Waals surface area contributed by atoms with Gasteiger partial charge in [-0.05, 0) is 25.0 Å². The number of para-hydroxylation sites is 1. The number of benzene rings is 1. The van der Waals surface area contributed by atoms with E-state index in [1.807, 2.05) is 31.2 Å². The molecule has 0 aliphatic rings. The third kappa shape index (κ3) is 3.57. The zero-order chi connectivity index (χ0) is 12.0. The maximum Gasteiger partial charge on any atom is 0.130 e. The number of nitrogens with zero attached hydrogens (tertiary/aromatic N) is 1. The van der Waals surface area contributed by atoms with Crippen LogP contribution in [0.2, 0.25) is 0 Å². The van der Waals surface area contributed by atoms with Crippen molar-refractivity contribution in [1.29, 1.82) is 0 Å². The Morgan fingerprint density at radius 1 is 1.38 bits per heavy atom. The zero-order valence-electron chi connectivity index (χ0n) is 10.2. The van der Waals surface area contributed by atoms with Crippen LogP contribution >= 0.6 is 0 Å². The largest absolute Gasteiger partial charge is 0.493 e. The molecule has 0 aromatic heterocycles. The molecule has 0 aliphatic carbocycles. The van der Waals surface area contributed by atoms with Gasteiger partial charge < -0.3 is 10.5 Å². The third-order valence-corrected chi connectivity index (χ3v) is 2.09. The van der Waals surface area contributed by atoms with Crippen LogP contribution in [0.4, 0.5) is 0 Å². The number of amidine groups is 1. The van der Waals surface area contributed by atoms with Crippen molar-refractivity contribution in [3.8, 4) is 5.75 Å². The summed E-state index contributed by atoms with van der Waals surface area (Å²) in [7, 11) is 0. The number of rotatable bonds is 5. The molecule has 1 aromatic carbocycles. The Morgan fingerprint density at radius 2 is 2.06 bits per heavy atom. The van der Waals surface area contributed by atoms with Gasteiger partial charge in [0.25, 0.3) is 0 Å². The maximum atomic E-state index is 5.94. The Bertz CT molecular complexity index is 359. The molecule has 1 rings (SSSR count). The lowest BCUT2D eigenvalue weighted by atomic mass is 10.1. The van der Waals surface area contributed by atoms with Crippen LogP contribution in [0.1, 0.15) is 26.3 Å². The van der Waals surface area contributed by atoms with Gasteiger partial charge in [-0.25, -0.2) is 0 Å². The first kappa shape index (κ1) is 12.6. The van der Waals surface area contributed by atoms with Crippen LogP contribution in [0.5, 0.6) is 5.75 Å². The van der Waals surface area contributed by atoms with Gasteiger partial charge in [0, 0.05) is 6.54 Å². The summed E-state index contributed by atoms with van der Waals surface area (Å²) in [6.45, 7) is 7.56. The Labute approximate surface area is 97.3 Å². The fourth-order valence-corrected chi connectivity index (χ4v) is 1.33. The lowest BCUT2D eigenvalue weighted by Crippen LogP contribution is -2.16. The number of hydrogen-bond acceptors (Lipinski definition) is 2. The standard InChI is InChI=1S/C13H20N2O/c1-4-16-12-8-6-5-7-11(12)13(14)15-9-10(2)3/h5-8,10H,4,9H2,1-3H3,(H2,14,15). The topological polar surface area (TPSA) is 47.6 Å². The molecule has 3 nitrogen and oxygen atoms in total. The summed E-state index contributed by atoms with van der Waals surface area (Å²) in [5, 5.41) is 0. The van der Waals surface area contributed by atoms with E-state index in [4.69, 9.17) is 10.5 Å². The molecular formula is C13H20N2O. The minimum atomic E-state index is 0.512. The highest BCUT2D eigenvalue weighted by Crippen LogP contribution is 2.17. The summed E-state index contributed by atoms with van der Waals surface area (Å²) >= 11 is 0. The molecule has 0 bridgehead atoms. The Kier molecular flexibility index (Phi) is 4.83. The summed E-state index contributed by atoms with van der Waals surface area (Å²) in [5.41, 5.74) is 6.82. The molecule has 1 aromatic rings. The molecule has 0 heterocycles. The second kappa shape index (κ2) is 6.16. The van der Waals surface area contributed by atoms with Crippen molar-refractivity contribution >= 4 is 5.84 Å². The summed E-state index contributed by atoms with van der Waals surface area (Å²) in [5.74, 6) is 1.87. The SMILES string of the molecule is CCOc1ccccc1C(N)=NCC(C)C. The van der Waals surface area contributed by atoms with Gasteiger partial charge in [-0.1, -0.05) is 26.0 Å². The lowest BCUT2D eigenvalue weighted by Gasteiger charge is -2.09. The van der Waals surface area contributed by atoms with E-state index in [0.717, 1.165) is 17.9 Å². The summed E-state index contributed by atoms with van der Waals surface area (Å²) in [6, 6.07) is 7.72. The van der Waals surface area contributed by atoms with E-state index < -0.39 is 0 Å². The van der Waals surface area contributed by atoms with Crippen LogP contribution in [0.15, 0.2) is 29.3 Å². The average molecular weight is 220 g/mol. The van der Waals surface area contributed by atoms with Crippen molar-refractivity contribution in [2.75, 3.05) is 13.2 Å². The second-order valence-electron chi connectivity index (χ2n) is 4.05. The van der Waals surface area contributed by atoms with E-state index in [0.29, 0.717) is 18.4 Å². The molecule has 0 unspecified atom stereocenters. The van der Waals surface area contributed by atoms with Crippen molar-refractivity contribution in [3.05, 3.63) is 29.8 Å². The van der Waals surface area contributed by atoms with Gasteiger partial charge in [0.1, 0.15) is 11.6 Å². The van der Waals surface area contributed by atoms with Gasteiger partial charge in [-0.3, -0.25) is 4.99 Å².